The Morgan fingerprint density at radius 3 is 2.30 bits per heavy atom. The van der Waals surface area contributed by atoms with Crippen molar-refractivity contribution in [2.75, 3.05) is 0 Å². The zero-order valence-corrected chi connectivity index (χ0v) is 17.2. The number of rotatable bonds is 9. The highest BCUT2D eigenvalue weighted by Gasteiger charge is 2.20. The molecule has 3 heterocycles. The molecular formula is C21H32N6. The molecule has 0 spiro atoms. The van der Waals surface area contributed by atoms with Gasteiger partial charge >= 0.3 is 0 Å². The summed E-state index contributed by atoms with van der Waals surface area (Å²) < 4.78 is 2.13. The number of hydrogen-bond donors (Lipinski definition) is 2. The van der Waals surface area contributed by atoms with E-state index in [1.54, 1.807) is 6.33 Å². The van der Waals surface area contributed by atoms with Gasteiger partial charge in [-0.25, -0.2) is 15.0 Å². The first-order valence-corrected chi connectivity index (χ1v) is 9.93. The van der Waals surface area contributed by atoms with E-state index in [0.29, 0.717) is 17.8 Å². The molecular weight excluding hydrogens is 336 g/mol. The lowest BCUT2D eigenvalue weighted by Gasteiger charge is -2.20. The summed E-state index contributed by atoms with van der Waals surface area (Å²) in [6.07, 6.45) is 12.2. The van der Waals surface area contributed by atoms with Crippen molar-refractivity contribution in [1.29, 1.82) is 0 Å². The third-order valence-corrected chi connectivity index (χ3v) is 5.75. The molecule has 146 valence electrons. The van der Waals surface area contributed by atoms with Crippen LogP contribution in [0.15, 0.2) is 25.0 Å². The Bertz CT molecular complexity index is 792. The minimum absolute atomic E-state index is 0.456. The van der Waals surface area contributed by atoms with Crippen LogP contribution in [0, 0.1) is 13.8 Å². The fourth-order valence-corrected chi connectivity index (χ4v) is 4.00. The molecule has 0 fully saturated rings. The van der Waals surface area contributed by atoms with E-state index in [1.165, 1.54) is 22.8 Å². The number of imidazole rings is 3. The van der Waals surface area contributed by atoms with Crippen molar-refractivity contribution < 1.29 is 0 Å². The highest BCUT2D eigenvalue weighted by atomic mass is 15.0. The second-order valence-corrected chi connectivity index (χ2v) is 7.92. The Hall–Kier alpha value is -2.37. The van der Waals surface area contributed by atoms with Crippen molar-refractivity contribution in [3.05, 3.63) is 53.6 Å². The number of nitrogens with zero attached hydrogens (tertiary/aromatic N) is 4. The molecule has 0 radical (unpaired) electrons. The Balaban J connectivity index is 1.64. The van der Waals surface area contributed by atoms with Gasteiger partial charge in [0.15, 0.2) is 0 Å². The van der Waals surface area contributed by atoms with Gasteiger partial charge in [0, 0.05) is 48.4 Å². The molecule has 3 aromatic rings. The Morgan fingerprint density at radius 1 is 1.00 bits per heavy atom. The van der Waals surface area contributed by atoms with Gasteiger partial charge in [0.2, 0.25) is 0 Å². The SMILES string of the molecule is Cc1ncc(C(CCC(C)c2nc[nH]c2C)CCC(C)c2cncn2C)[nH]1. The molecule has 3 atom stereocenters. The van der Waals surface area contributed by atoms with Gasteiger partial charge in [-0.1, -0.05) is 13.8 Å². The van der Waals surface area contributed by atoms with Gasteiger partial charge in [0.1, 0.15) is 5.82 Å². The molecule has 27 heavy (non-hydrogen) atoms. The normalized spacial score (nSPS) is 15.0. The molecule has 3 rings (SSSR count). The first-order valence-electron chi connectivity index (χ1n) is 9.93. The molecule has 3 unspecified atom stereocenters. The maximum absolute atomic E-state index is 4.50. The van der Waals surface area contributed by atoms with Gasteiger partial charge in [-0.05, 0) is 45.4 Å². The second kappa shape index (κ2) is 8.55. The van der Waals surface area contributed by atoms with Crippen LogP contribution in [-0.2, 0) is 7.05 Å². The average Bonchev–Trinajstić information content (AvgIpc) is 3.36. The van der Waals surface area contributed by atoms with Gasteiger partial charge in [-0.2, -0.15) is 0 Å². The van der Waals surface area contributed by atoms with Crippen LogP contribution in [0.3, 0.4) is 0 Å². The van der Waals surface area contributed by atoms with E-state index in [4.69, 9.17) is 0 Å². The maximum atomic E-state index is 4.50. The Kier molecular flexibility index (Phi) is 6.14. The lowest BCUT2D eigenvalue weighted by molar-refractivity contribution is 0.470. The van der Waals surface area contributed by atoms with Crippen LogP contribution in [0.4, 0.5) is 0 Å². The number of H-pyrrole nitrogens is 2. The van der Waals surface area contributed by atoms with Crippen molar-refractivity contribution in [2.45, 2.75) is 71.1 Å². The van der Waals surface area contributed by atoms with Crippen molar-refractivity contribution in [1.82, 2.24) is 29.5 Å². The van der Waals surface area contributed by atoms with Gasteiger partial charge in [0.05, 0.1) is 18.3 Å². The minimum Gasteiger partial charge on any atom is -0.348 e. The van der Waals surface area contributed by atoms with E-state index < -0.39 is 0 Å². The first kappa shape index (κ1) is 19.4. The number of hydrogen-bond acceptors (Lipinski definition) is 3. The van der Waals surface area contributed by atoms with Crippen LogP contribution < -0.4 is 0 Å². The molecule has 0 aliphatic carbocycles. The zero-order chi connectivity index (χ0) is 19.4. The predicted molar refractivity (Wildman–Crippen MR) is 108 cm³/mol. The largest absolute Gasteiger partial charge is 0.348 e. The third-order valence-electron chi connectivity index (χ3n) is 5.75. The van der Waals surface area contributed by atoms with Gasteiger partial charge in [-0.15, -0.1) is 0 Å². The van der Waals surface area contributed by atoms with E-state index >= 15 is 0 Å². The molecule has 0 amide bonds. The molecule has 3 aromatic heterocycles. The van der Waals surface area contributed by atoms with E-state index in [2.05, 4.69) is 57.3 Å². The van der Waals surface area contributed by atoms with Gasteiger partial charge in [-0.3, -0.25) is 0 Å². The van der Waals surface area contributed by atoms with Crippen molar-refractivity contribution in [3.63, 3.8) is 0 Å². The average molecular weight is 369 g/mol. The molecule has 0 saturated heterocycles. The fourth-order valence-electron chi connectivity index (χ4n) is 4.00. The zero-order valence-electron chi connectivity index (χ0n) is 17.2. The van der Waals surface area contributed by atoms with Crippen LogP contribution in [0.2, 0.25) is 0 Å². The summed E-state index contributed by atoms with van der Waals surface area (Å²) in [7, 11) is 2.07. The summed E-state index contributed by atoms with van der Waals surface area (Å²) in [4.78, 5) is 19.9. The van der Waals surface area contributed by atoms with E-state index in [1.807, 2.05) is 25.6 Å². The quantitative estimate of drug-likeness (QED) is 0.573. The Morgan fingerprint density at radius 2 is 1.74 bits per heavy atom. The van der Waals surface area contributed by atoms with Crippen molar-refractivity contribution in [2.24, 2.45) is 7.05 Å². The van der Waals surface area contributed by atoms with E-state index in [9.17, 15) is 0 Å². The summed E-state index contributed by atoms with van der Waals surface area (Å²) >= 11 is 0. The lowest BCUT2D eigenvalue weighted by Crippen LogP contribution is -2.07. The van der Waals surface area contributed by atoms with Crippen LogP contribution in [-0.4, -0.2) is 29.5 Å². The highest BCUT2D eigenvalue weighted by Crippen LogP contribution is 2.33. The lowest BCUT2D eigenvalue weighted by atomic mass is 9.87. The Labute approximate surface area is 161 Å². The van der Waals surface area contributed by atoms with E-state index in [0.717, 1.165) is 31.5 Å². The van der Waals surface area contributed by atoms with Crippen LogP contribution in [0.5, 0.6) is 0 Å². The fraction of sp³-hybridized carbons (Fsp3) is 0.571. The van der Waals surface area contributed by atoms with Crippen LogP contribution >= 0.6 is 0 Å². The molecule has 0 bridgehead atoms. The second-order valence-electron chi connectivity index (χ2n) is 7.92. The minimum atomic E-state index is 0.456. The summed E-state index contributed by atoms with van der Waals surface area (Å²) in [5, 5.41) is 0. The standard InChI is InChI=1S/C21H32N6/c1-14(20-11-22-13-27(20)5)6-8-18(19-10-23-17(4)26-19)9-7-15(2)21-16(3)24-12-25-21/h10-15,18H,6-9H2,1-5H3,(H,23,26)(H,24,25). The number of aromatic amines is 2. The monoisotopic (exact) mass is 368 g/mol. The highest BCUT2D eigenvalue weighted by molar-refractivity contribution is 5.14. The molecule has 0 aliphatic heterocycles. The van der Waals surface area contributed by atoms with Gasteiger partial charge < -0.3 is 14.5 Å². The maximum Gasteiger partial charge on any atom is 0.103 e. The third kappa shape index (κ3) is 4.67. The first-order chi connectivity index (χ1) is 13.0. The molecule has 0 aliphatic rings. The number of aromatic nitrogens is 6. The van der Waals surface area contributed by atoms with E-state index in [-0.39, 0.29) is 0 Å². The summed E-state index contributed by atoms with van der Waals surface area (Å²) in [6, 6.07) is 0. The topological polar surface area (TPSA) is 75.2 Å². The molecule has 6 heteroatoms. The van der Waals surface area contributed by atoms with Crippen molar-refractivity contribution >= 4 is 0 Å². The van der Waals surface area contributed by atoms with Crippen LogP contribution in [0.25, 0.3) is 0 Å². The molecule has 0 aromatic carbocycles. The number of aryl methyl sites for hydroxylation is 3. The molecule has 2 N–H and O–H groups in total. The summed E-state index contributed by atoms with van der Waals surface area (Å²) in [6.45, 7) is 8.69. The number of nitrogens with one attached hydrogen (secondary N) is 2. The molecule has 0 saturated carbocycles. The summed E-state index contributed by atoms with van der Waals surface area (Å²) in [5.74, 6) is 2.43. The van der Waals surface area contributed by atoms with Gasteiger partial charge in [0.25, 0.3) is 0 Å². The summed E-state index contributed by atoms with van der Waals surface area (Å²) in [5.41, 5.74) is 4.93. The molecule has 6 nitrogen and oxygen atoms in total. The smallest absolute Gasteiger partial charge is 0.103 e. The predicted octanol–water partition coefficient (Wildman–Crippen LogP) is 4.73. The van der Waals surface area contributed by atoms with Crippen molar-refractivity contribution in [3.8, 4) is 0 Å². The van der Waals surface area contributed by atoms with Crippen LogP contribution in [0.1, 0.15) is 85.9 Å².